The second-order valence-electron chi connectivity index (χ2n) is 2.54. The molecule has 0 aromatic carbocycles. The molecule has 0 aliphatic heterocycles. The first-order valence-corrected chi connectivity index (χ1v) is 4.98. The van der Waals surface area contributed by atoms with Gasteiger partial charge in [0.05, 0.1) is 0 Å². The van der Waals surface area contributed by atoms with Gasteiger partial charge >= 0.3 is 0 Å². The lowest BCUT2D eigenvalue weighted by Gasteiger charge is -2.05. The van der Waals surface area contributed by atoms with Crippen LogP contribution in [0.5, 0.6) is 0 Å². The minimum Gasteiger partial charge on any atom is -0.303 e. The molecule has 0 aliphatic carbocycles. The Hall–Kier alpha value is 0.0200. The largest absolute Gasteiger partial charge is 0.303 e. The Bertz CT molecular complexity index is 83.3. The summed E-state index contributed by atoms with van der Waals surface area (Å²) in [6.45, 7) is 4.44. The van der Waals surface area contributed by atoms with Gasteiger partial charge in [-0.05, 0) is 17.4 Å². The maximum absolute atomic E-state index is 9.91. The number of carbonyl (C=O) groups is 1. The lowest BCUT2D eigenvalue weighted by atomic mass is 10.2. The predicted molar refractivity (Wildman–Crippen MR) is 47.5 cm³/mol. The van der Waals surface area contributed by atoms with E-state index in [-0.39, 0.29) is 0 Å². The highest BCUT2D eigenvalue weighted by atomic mass is 32.2. The second kappa shape index (κ2) is 7.13. The molecule has 0 aliphatic rings. The van der Waals surface area contributed by atoms with Gasteiger partial charge in [-0.15, -0.1) is 0 Å². The van der Waals surface area contributed by atoms with E-state index >= 15 is 0 Å². The number of carbonyl (C=O) groups excluding carboxylic acids is 1. The SMILES string of the molecule is CCC(C)CSCCC=O. The molecular formula is C8H16OS. The first-order valence-electron chi connectivity index (χ1n) is 3.82. The number of rotatable bonds is 6. The van der Waals surface area contributed by atoms with Gasteiger partial charge in [0, 0.05) is 6.42 Å². The molecule has 0 N–H and O–H groups in total. The van der Waals surface area contributed by atoms with Gasteiger partial charge in [0.15, 0.2) is 0 Å². The van der Waals surface area contributed by atoms with Crippen LogP contribution in [0.1, 0.15) is 26.7 Å². The Morgan fingerprint density at radius 2 is 2.30 bits per heavy atom. The van der Waals surface area contributed by atoms with E-state index in [4.69, 9.17) is 0 Å². The van der Waals surface area contributed by atoms with Crippen molar-refractivity contribution in [2.75, 3.05) is 11.5 Å². The normalized spacial score (nSPS) is 13.0. The van der Waals surface area contributed by atoms with Crippen LogP contribution < -0.4 is 0 Å². The molecule has 0 fully saturated rings. The molecule has 2 heteroatoms. The van der Waals surface area contributed by atoms with Crippen molar-refractivity contribution in [3.05, 3.63) is 0 Å². The van der Waals surface area contributed by atoms with Gasteiger partial charge in [0.25, 0.3) is 0 Å². The summed E-state index contributed by atoms with van der Waals surface area (Å²) in [7, 11) is 0. The van der Waals surface area contributed by atoms with Gasteiger partial charge in [-0.25, -0.2) is 0 Å². The van der Waals surface area contributed by atoms with Crippen molar-refractivity contribution in [2.24, 2.45) is 5.92 Å². The fraction of sp³-hybridized carbons (Fsp3) is 0.875. The Balaban J connectivity index is 2.95. The van der Waals surface area contributed by atoms with Crippen LogP contribution in [0, 0.1) is 5.92 Å². The molecule has 1 atom stereocenters. The van der Waals surface area contributed by atoms with Crippen molar-refractivity contribution in [2.45, 2.75) is 26.7 Å². The Kier molecular flexibility index (Phi) is 7.15. The number of hydrogen-bond acceptors (Lipinski definition) is 2. The minimum atomic E-state index is 0.709. The molecule has 60 valence electrons. The zero-order valence-corrected chi connectivity index (χ0v) is 7.62. The van der Waals surface area contributed by atoms with E-state index in [2.05, 4.69) is 13.8 Å². The average molecular weight is 160 g/mol. The summed E-state index contributed by atoms with van der Waals surface area (Å²) in [4.78, 5) is 9.91. The third kappa shape index (κ3) is 6.14. The highest BCUT2D eigenvalue weighted by Gasteiger charge is 1.96. The maximum atomic E-state index is 9.91. The smallest absolute Gasteiger partial charge is 0.120 e. The van der Waals surface area contributed by atoms with Crippen molar-refractivity contribution in [3.63, 3.8) is 0 Å². The van der Waals surface area contributed by atoms with Crippen molar-refractivity contribution >= 4 is 18.0 Å². The molecular weight excluding hydrogens is 144 g/mol. The van der Waals surface area contributed by atoms with Gasteiger partial charge in [0.1, 0.15) is 6.29 Å². The van der Waals surface area contributed by atoms with Crippen molar-refractivity contribution < 1.29 is 4.79 Å². The molecule has 1 unspecified atom stereocenters. The first kappa shape index (κ1) is 10.0. The molecule has 0 amide bonds. The van der Waals surface area contributed by atoms with E-state index in [1.54, 1.807) is 0 Å². The fourth-order valence-electron chi connectivity index (χ4n) is 0.534. The van der Waals surface area contributed by atoms with Gasteiger partial charge in [-0.1, -0.05) is 20.3 Å². The van der Waals surface area contributed by atoms with Gasteiger partial charge in [-0.3, -0.25) is 0 Å². The van der Waals surface area contributed by atoms with Crippen LogP contribution in [0.4, 0.5) is 0 Å². The van der Waals surface area contributed by atoms with Crippen LogP contribution in [-0.2, 0) is 4.79 Å². The summed E-state index contributed by atoms with van der Waals surface area (Å²) >= 11 is 1.88. The van der Waals surface area contributed by atoms with Crippen molar-refractivity contribution in [1.82, 2.24) is 0 Å². The number of hydrogen-bond donors (Lipinski definition) is 0. The molecule has 0 spiro atoms. The summed E-state index contributed by atoms with van der Waals surface area (Å²) in [5.41, 5.74) is 0. The molecule has 0 rings (SSSR count). The molecule has 1 nitrogen and oxygen atoms in total. The van der Waals surface area contributed by atoms with E-state index in [1.807, 2.05) is 11.8 Å². The molecule has 0 aromatic rings. The lowest BCUT2D eigenvalue weighted by Crippen LogP contribution is -1.96. The number of aldehydes is 1. The maximum Gasteiger partial charge on any atom is 0.120 e. The third-order valence-corrected chi connectivity index (χ3v) is 2.81. The lowest BCUT2D eigenvalue weighted by molar-refractivity contribution is -0.107. The Morgan fingerprint density at radius 1 is 1.60 bits per heavy atom. The topological polar surface area (TPSA) is 17.1 Å². The van der Waals surface area contributed by atoms with Crippen LogP contribution in [-0.4, -0.2) is 17.8 Å². The predicted octanol–water partition coefficient (Wildman–Crippen LogP) is 2.35. The van der Waals surface area contributed by atoms with E-state index < -0.39 is 0 Å². The summed E-state index contributed by atoms with van der Waals surface area (Å²) in [6, 6.07) is 0. The molecule has 0 radical (unpaired) electrons. The van der Waals surface area contributed by atoms with Gasteiger partial charge in [0.2, 0.25) is 0 Å². The Labute approximate surface area is 67.6 Å². The van der Waals surface area contributed by atoms with Crippen LogP contribution in [0.15, 0.2) is 0 Å². The van der Waals surface area contributed by atoms with E-state index in [0.29, 0.717) is 6.42 Å². The average Bonchev–Trinajstić information content (AvgIpc) is 1.98. The van der Waals surface area contributed by atoms with E-state index in [0.717, 1.165) is 18.0 Å². The summed E-state index contributed by atoms with van der Waals surface area (Å²) in [6.07, 6.45) is 2.94. The van der Waals surface area contributed by atoms with Gasteiger partial charge < -0.3 is 4.79 Å². The van der Waals surface area contributed by atoms with Crippen LogP contribution in [0.2, 0.25) is 0 Å². The molecule has 0 heterocycles. The highest BCUT2D eigenvalue weighted by Crippen LogP contribution is 2.11. The number of thioether (sulfide) groups is 1. The summed E-state index contributed by atoms with van der Waals surface area (Å²) in [5, 5.41) is 0. The summed E-state index contributed by atoms with van der Waals surface area (Å²) in [5.74, 6) is 3.00. The fourth-order valence-corrected chi connectivity index (χ4v) is 1.60. The molecule has 0 bridgehead atoms. The Morgan fingerprint density at radius 3 is 2.80 bits per heavy atom. The van der Waals surface area contributed by atoms with Crippen molar-refractivity contribution in [3.8, 4) is 0 Å². The van der Waals surface area contributed by atoms with E-state index in [9.17, 15) is 4.79 Å². The zero-order chi connectivity index (χ0) is 7.82. The minimum absolute atomic E-state index is 0.709. The third-order valence-electron chi connectivity index (χ3n) is 1.48. The van der Waals surface area contributed by atoms with E-state index in [1.165, 1.54) is 12.2 Å². The molecule has 0 saturated heterocycles. The molecule has 0 saturated carbocycles. The van der Waals surface area contributed by atoms with Gasteiger partial charge in [-0.2, -0.15) is 11.8 Å². The highest BCUT2D eigenvalue weighted by molar-refractivity contribution is 7.99. The monoisotopic (exact) mass is 160 g/mol. The molecule has 10 heavy (non-hydrogen) atoms. The van der Waals surface area contributed by atoms with Crippen LogP contribution >= 0.6 is 11.8 Å². The zero-order valence-electron chi connectivity index (χ0n) is 6.80. The van der Waals surface area contributed by atoms with Crippen molar-refractivity contribution in [1.29, 1.82) is 0 Å². The second-order valence-corrected chi connectivity index (χ2v) is 3.69. The summed E-state index contributed by atoms with van der Waals surface area (Å²) < 4.78 is 0. The molecule has 0 aromatic heterocycles. The quantitative estimate of drug-likeness (QED) is 0.438. The van der Waals surface area contributed by atoms with Crippen LogP contribution in [0.3, 0.4) is 0 Å². The standard InChI is InChI=1S/C8H16OS/c1-3-8(2)7-10-6-4-5-9/h5,8H,3-4,6-7H2,1-2H3. The first-order chi connectivity index (χ1) is 4.81. The van der Waals surface area contributed by atoms with Crippen LogP contribution in [0.25, 0.3) is 0 Å².